The summed E-state index contributed by atoms with van der Waals surface area (Å²) < 4.78 is 1.24. The van der Waals surface area contributed by atoms with Crippen LogP contribution in [0.5, 0.6) is 0 Å². The van der Waals surface area contributed by atoms with E-state index in [4.69, 9.17) is 5.11 Å². The molecule has 1 heterocycles. The van der Waals surface area contributed by atoms with E-state index in [1.807, 2.05) is 12.1 Å². The van der Waals surface area contributed by atoms with E-state index in [1.54, 1.807) is 11.3 Å². The van der Waals surface area contributed by atoms with Crippen LogP contribution in [0, 0.1) is 0 Å². The number of rotatable bonds is 6. The summed E-state index contributed by atoms with van der Waals surface area (Å²) in [5.41, 5.74) is 0. The molecule has 0 saturated carbocycles. The Hall–Kier alpha value is -2.08. The minimum absolute atomic E-state index is 0.0657. The third-order valence-corrected chi connectivity index (χ3v) is 3.93. The number of benzene rings is 1. The normalized spacial score (nSPS) is 10.4. The number of aliphatic carboxylic acids is 1. The summed E-state index contributed by atoms with van der Waals surface area (Å²) in [5.74, 6) is -0.921. The van der Waals surface area contributed by atoms with Crippen LogP contribution in [-0.4, -0.2) is 30.2 Å². The Labute approximate surface area is 120 Å². The third kappa shape index (κ3) is 4.24. The monoisotopic (exact) mass is 292 g/mol. The zero-order chi connectivity index (χ0) is 14.4. The van der Waals surface area contributed by atoms with E-state index < -0.39 is 5.97 Å². The van der Waals surface area contributed by atoms with Crippen LogP contribution in [0.4, 0.5) is 4.79 Å². The molecule has 0 bridgehead atoms. The molecule has 0 fully saturated rings. The maximum absolute atomic E-state index is 11.4. The molecular weight excluding hydrogens is 276 g/mol. The van der Waals surface area contributed by atoms with E-state index in [2.05, 4.69) is 28.8 Å². The molecule has 2 rings (SSSR count). The van der Waals surface area contributed by atoms with Crippen LogP contribution < -0.4 is 10.6 Å². The summed E-state index contributed by atoms with van der Waals surface area (Å²) in [6, 6.07) is 9.97. The Morgan fingerprint density at radius 2 is 1.90 bits per heavy atom. The molecule has 0 aliphatic heterocycles. The van der Waals surface area contributed by atoms with Crippen LogP contribution >= 0.6 is 11.3 Å². The first-order valence-corrected chi connectivity index (χ1v) is 7.18. The number of carboxylic acids is 1. The molecule has 3 N–H and O–H groups in total. The van der Waals surface area contributed by atoms with Crippen LogP contribution in [0.1, 0.15) is 11.3 Å². The van der Waals surface area contributed by atoms with Crippen molar-refractivity contribution in [3.8, 4) is 0 Å². The zero-order valence-corrected chi connectivity index (χ0v) is 11.7. The Balaban J connectivity index is 1.72. The van der Waals surface area contributed by atoms with Crippen molar-refractivity contribution in [2.24, 2.45) is 0 Å². The molecule has 1 aromatic carbocycles. The van der Waals surface area contributed by atoms with E-state index in [0.29, 0.717) is 6.54 Å². The second-order valence-electron chi connectivity index (χ2n) is 4.33. The predicted molar refractivity (Wildman–Crippen MR) is 79.2 cm³/mol. The lowest BCUT2D eigenvalue weighted by Crippen LogP contribution is -2.37. The van der Waals surface area contributed by atoms with Crippen molar-refractivity contribution in [3.63, 3.8) is 0 Å². The van der Waals surface area contributed by atoms with Gasteiger partial charge in [0.05, 0.1) is 6.42 Å². The minimum atomic E-state index is -0.921. The average Bonchev–Trinajstić information content (AvgIpc) is 2.80. The van der Waals surface area contributed by atoms with Gasteiger partial charge >= 0.3 is 12.0 Å². The number of amides is 2. The Morgan fingerprint density at radius 1 is 1.15 bits per heavy atom. The fraction of sp³-hybridized carbons (Fsp3) is 0.286. The summed E-state index contributed by atoms with van der Waals surface area (Å²) in [5, 5.41) is 14.9. The number of carbonyl (C=O) groups is 2. The van der Waals surface area contributed by atoms with Gasteiger partial charge in [-0.1, -0.05) is 18.2 Å². The summed E-state index contributed by atoms with van der Waals surface area (Å²) in [6.45, 7) is 0.676. The number of hydrogen-bond donors (Lipinski definition) is 3. The first-order valence-electron chi connectivity index (χ1n) is 6.36. The number of hydrogen-bond acceptors (Lipinski definition) is 3. The smallest absolute Gasteiger partial charge is 0.314 e. The van der Waals surface area contributed by atoms with E-state index in [9.17, 15) is 9.59 Å². The first-order chi connectivity index (χ1) is 9.65. The fourth-order valence-corrected chi connectivity index (χ4v) is 2.87. The number of carboxylic acid groups (broad SMARTS) is 1. The Kier molecular flexibility index (Phi) is 4.95. The van der Waals surface area contributed by atoms with Crippen LogP contribution in [0.3, 0.4) is 0 Å². The lowest BCUT2D eigenvalue weighted by Gasteiger charge is -2.05. The lowest BCUT2D eigenvalue weighted by molar-refractivity contribution is -0.136. The van der Waals surface area contributed by atoms with E-state index in [-0.39, 0.29) is 19.0 Å². The summed E-state index contributed by atoms with van der Waals surface area (Å²) in [6.07, 6.45) is 0.704. The van der Waals surface area contributed by atoms with Crippen LogP contribution in [0.15, 0.2) is 30.3 Å². The molecule has 106 valence electrons. The highest BCUT2D eigenvalue weighted by Crippen LogP contribution is 2.25. The molecule has 0 radical (unpaired) electrons. The van der Waals surface area contributed by atoms with Crippen molar-refractivity contribution in [1.82, 2.24) is 10.6 Å². The molecule has 0 aliphatic rings. The molecule has 0 saturated heterocycles. The largest absolute Gasteiger partial charge is 0.481 e. The molecule has 1 aromatic heterocycles. The van der Waals surface area contributed by atoms with Gasteiger partial charge < -0.3 is 15.7 Å². The lowest BCUT2D eigenvalue weighted by atomic mass is 10.2. The fourth-order valence-electron chi connectivity index (χ4n) is 1.80. The summed E-state index contributed by atoms with van der Waals surface area (Å²) in [7, 11) is 0. The van der Waals surface area contributed by atoms with Gasteiger partial charge in [-0.15, -0.1) is 11.3 Å². The van der Waals surface area contributed by atoms with Gasteiger partial charge in [-0.3, -0.25) is 4.79 Å². The molecule has 0 atom stereocenters. The highest BCUT2D eigenvalue weighted by atomic mass is 32.1. The van der Waals surface area contributed by atoms with E-state index in [0.717, 1.165) is 6.42 Å². The van der Waals surface area contributed by atoms with Gasteiger partial charge in [0.1, 0.15) is 0 Å². The van der Waals surface area contributed by atoms with Crippen molar-refractivity contribution >= 4 is 33.4 Å². The molecule has 20 heavy (non-hydrogen) atoms. The first kappa shape index (κ1) is 14.3. The van der Waals surface area contributed by atoms with Gasteiger partial charge in [0.15, 0.2) is 0 Å². The van der Waals surface area contributed by atoms with E-state index in [1.165, 1.54) is 15.0 Å². The maximum Gasteiger partial charge on any atom is 0.314 e. The predicted octanol–water partition coefficient (Wildman–Crippen LogP) is 2.22. The van der Waals surface area contributed by atoms with Crippen LogP contribution in [0.2, 0.25) is 0 Å². The zero-order valence-electron chi connectivity index (χ0n) is 10.9. The van der Waals surface area contributed by atoms with Crippen molar-refractivity contribution in [1.29, 1.82) is 0 Å². The second-order valence-corrected chi connectivity index (χ2v) is 5.50. The van der Waals surface area contributed by atoms with Gasteiger partial charge in [0.2, 0.25) is 0 Å². The third-order valence-electron chi connectivity index (χ3n) is 2.76. The number of thiophene rings is 1. The molecule has 0 spiro atoms. The van der Waals surface area contributed by atoms with Gasteiger partial charge in [0, 0.05) is 22.7 Å². The topological polar surface area (TPSA) is 78.4 Å². The Morgan fingerprint density at radius 3 is 2.65 bits per heavy atom. The summed E-state index contributed by atoms with van der Waals surface area (Å²) in [4.78, 5) is 22.9. The van der Waals surface area contributed by atoms with Crippen LogP contribution in [-0.2, 0) is 11.2 Å². The minimum Gasteiger partial charge on any atom is -0.481 e. The molecule has 0 unspecified atom stereocenters. The van der Waals surface area contributed by atoms with Crippen molar-refractivity contribution in [3.05, 3.63) is 35.2 Å². The molecular formula is C14H16N2O3S. The van der Waals surface area contributed by atoms with Gasteiger partial charge in [-0.05, 0) is 23.9 Å². The highest BCUT2D eigenvalue weighted by Gasteiger charge is 2.04. The molecule has 0 aliphatic carbocycles. The molecule has 5 nitrogen and oxygen atoms in total. The standard InChI is InChI=1S/C14H16N2O3S/c17-13(18)6-8-16-14(19)15-7-5-11-9-10-3-1-2-4-12(10)20-11/h1-4,9H,5-8H2,(H,17,18)(H2,15,16,19). The van der Waals surface area contributed by atoms with Crippen LogP contribution in [0.25, 0.3) is 10.1 Å². The van der Waals surface area contributed by atoms with E-state index >= 15 is 0 Å². The van der Waals surface area contributed by atoms with Crippen molar-refractivity contribution in [2.45, 2.75) is 12.8 Å². The molecule has 6 heteroatoms. The Bertz CT molecular complexity index is 576. The van der Waals surface area contributed by atoms with Gasteiger partial charge in [0.25, 0.3) is 0 Å². The highest BCUT2D eigenvalue weighted by molar-refractivity contribution is 7.19. The second kappa shape index (κ2) is 6.91. The maximum atomic E-state index is 11.4. The van der Waals surface area contributed by atoms with Gasteiger partial charge in [-0.2, -0.15) is 0 Å². The van der Waals surface area contributed by atoms with Crippen molar-refractivity contribution in [2.75, 3.05) is 13.1 Å². The number of nitrogens with one attached hydrogen (secondary N) is 2. The SMILES string of the molecule is O=C(O)CCNC(=O)NCCc1cc2ccccc2s1. The average molecular weight is 292 g/mol. The van der Waals surface area contributed by atoms with Crippen molar-refractivity contribution < 1.29 is 14.7 Å². The van der Waals surface area contributed by atoms with Gasteiger partial charge in [-0.25, -0.2) is 4.79 Å². The number of fused-ring (bicyclic) bond motifs is 1. The number of carbonyl (C=O) groups excluding carboxylic acids is 1. The quantitative estimate of drug-likeness (QED) is 0.764. The summed E-state index contributed by atoms with van der Waals surface area (Å²) >= 11 is 1.72. The number of urea groups is 1. The molecule has 2 amide bonds. The molecule has 2 aromatic rings.